The van der Waals surface area contributed by atoms with Gasteiger partial charge in [0.15, 0.2) is 0 Å². The van der Waals surface area contributed by atoms with Gasteiger partial charge < -0.3 is 26.8 Å². The van der Waals surface area contributed by atoms with Crippen molar-refractivity contribution in [2.24, 2.45) is 0 Å². The lowest BCUT2D eigenvalue weighted by atomic mass is 10.1. The summed E-state index contributed by atoms with van der Waals surface area (Å²) in [6.45, 7) is 0. The highest BCUT2D eigenvalue weighted by molar-refractivity contribution is 5.92. The fourth-order valence-corrected chi connectivity index (χ4v) is 2.48. The maximum Gasteiger partial charge on any atom is 0.337 e. The zero-order valence-electron chi connectivity index (χ0n) is 14.3. The molecular weight excluding hydrogens is 328 g/mol. The molecule has 3 aromatic rings. The molecule has 132 valence electrons. The molecule has 0 amide bonds. The topological polar surface area (TPSA) is 102 Å². The van der Waals surface area contributed by atoms with E-state index in [4.69, 9.17) is 11.5 Å². The zero-order valence-corrected chi connectivity index (χ0v) is 14.3. The Morgan fingerprint density at radius 1 is 0.808 bits per heavy atom. The highest BCUT2D eigenvalue weighted by Gasteiger charge is 2.08. The van der Waals surface area contributed by atoms with Gasteiger partial charge in [-0.2, -0.15) is 0 Å². The molecule has 0 heterocycles. The quantitative estimate of drug-likeness (QED) is 0.408. The number of carbonyl (C=O) groups excluding carboxylic acids is 1. The van der Waals surface area contributed by atoms with E-state index in [0.717, 1.165) is 17.1 Å². The highest BCUT2D eigenvalue weighted by Crippen LogP contribution is 2.27. The summed E-state index contributed by atoms with van der Waals surface area (Å²) in [7, 11) is 1.34. The van der Waals surface area contributed by atoms with Gasteiger partial charge in [-0.25, -0.2) is 4.79 Å². The number of hydrogen-bond acceptors (Lipinski definition) is 6. The predicted octanol–water partition coefficient (Wildman–Crippen LogP) is 4.12. The Bertz CT molecular complexity index is 923. The summed E-state index contributed by atoms with van der Waals surface area (Å²) in [5, 5.41) is 6.50. The second-order valence-corrected chi connectivity index (χ2v) is 5.71. The average Bonchev–Trinajstić information content (AvgIpc) is 2.66. The average molecular weight is 348 g/mol. The van der Waals surface area contributed by atoms with Crippen molar-refractivity contribution in [2.75, 3.05) is 29.2 Å². The summed E-state index contributed by atoms with van der Waals surface area (Å²) in [4.78, 5) is 11.5. The Balaban J connectivity index is 1.71. The molecule has 0 aromatic heterocycles. The Morgan fingerprint density at radius 3 is 1.92 bits per heavy atom. The molecule has 0 saturated carbocycles. The van der Waals surface area contributed by atoms with Gasteiger partial charge in [0, 0.05) is 11.4 Å². The van der Waals surface area contributed by atoms with Crippen molar-refractivity contribution in [3.63, 3.8) is 0 Å². The maximum absolute atomic E-state index is 11.5. The van der Waals surface area contributed by atoms with Crippen LogP contribution in [0.3, 0.4) is 0 Å². The van der Waals surface area contributed by atoms with Gasteiger partial charge in [0.25, 0.3) is 0 Å². The van der Waals surface area contributed by atoms with Gasteiger partial charge in [0.05, 0.1) is 35.4 Å². The van der Waals surface area contributed by atoms with E-state index in [1.807, 2.05) is 48.5 Å². The third-order valence-electron chi connectivity index (χ3n) is 3.88. The molecule has 0 aliphatic rings. The molecule has 0 fully saturated rings. The van der Waals surface area contributed by atoms with E-state index >= 15 is 0 Å². The van der Waals surface area contributed by atoms with Crippen molar-refractivity contribution in [3.05, 3.63) is 72.3 Å². The first-order valence-corrected chi connectivity index (χ1v) is 8.03. The Hall–Kier alpha value is -3.67. The summed E-state index contributed by atoms with van der Waals surface area (Å²) in [5.41, 5.74) is 16.9. The minimum Gasteiger partial charge on any atom is -0.465 e. The second-order valence-electron chi connectivity index (χ2n) is 5.71. The lowest BCUT2D eigenvalue weighted by molar-refractivity contribution is 0.0601. The van der Waals surface area contributed by atoms with Gasteiger partial charge in [-0.15, -0.1) is 0 Å². The van der Waals surface area contributed by atoms with Gasteiger partial charge in [0.1, 0.15) is 0 Å². The monoisotopic (exact) mass is 348 g/mol. The number of nitrogen functional groups attached to an aromatic ring is 2. The van der Waals surface area contributed by atoms with Crippen molar-refractivity contribution >= 4 is 40.1 Å². The number of para-hydroxylation sites is 2. The Kier molecular flexibility index (Phi) is 4.94. The number of rotatable bonds is 5. The molecule has 0 unspecified atom stereocenters. The molecular formula is C20H20N4O2. The zero-order chi connectivity index (χ0) is 18.5. The van der Waals surface area contributed by atoms with Crippen molar-refractivity contribution < 1.29 is 9.53 Å². The molecule has 6 N–H and O–H groups in total. The van der Waals surface area contributed by atoms with Crippen LogP contribution >= 0.6 is 0 Å². The molecule has 0 atom stereocenters. The van der Waals surface area contributed by atoms with Crippen molar-refractivity contribution in [1.82, 2.24) is 0 Å². The van der Waals surface area contributed by atoms with Crippen LogP contribution in [0.25, 0.3) is 0 Å². The van der Waals surface area contributed by atoms with Gasteiger partial charge in [-0.05, 0) is 54.6 Å². The normalized spacial score (nSPS) is 10.2. The lowest BCUT2D eigenvalue weighted by Gasteiger charge is -2.12. The highest BCUT2D eigenvalue weighted by atomic mass is 16.5. The van der Waals surface area contributed by atoms with Gasteiger partial charge >= 0.3 is 5.97 Å². The SMILES string of the molecule is COC(=O)c1ccc(Nc2ccc(Nc3ccccc3N)cc2)c(N)c1. The first kappa shape index (κ1) is 17.2. The van der Waals surface area contributed by atoms with Gasteiger partial charge in [-0.1, -0.05) is 12.1 Å². The van der Waals surface area contributed by atoms with E-state index in [-0.39, 0.29) is 0 Å². The summed E-state index contributed by atoms with van der Waals surface area (Å²) in [5.74, 6) is -0.418. The molecule has 26 heavy (non-hydrogen) atoms. The molecule has 6 nitrogen and oxygen atoms in total. The number of nitrogens with one attached hydrogen (secondary N) is 2. The molecule has 0 radical (unpaired) electrons. The number of carbonyl (C=O) groups is 1. The number of nitrogens with two attached hydrogens (primary N) is 2. The van der Waals surface area contributed by atoms with Gasteiger partial charge in [-0.3, -0.25) is 0 Å². The van der Waals surface area contributed by atoms with E-state index < -0.39 is 5.97 Å². The standard InChI is InChI=1S/C20H20N4O2/c1-26-20(25)13-6-11-19(17(22)12-13)24-15-9-7-14(8-10-15)23-18-5-3-2-4-16(18)21/h2-12,23-24H,21-22H2,1H3. The largest absolute Gasteiger partial charge is 0.465 e. The first-order chi connectivity index (χ1) is 12.6. The van der Waals surface area contributed by atoms with Crippen LogP contribution in [-0.2, 0) is 4.74 Å². The van der Waals surface area contributed by atoms with Crippen LogP contribution in [0, 0.1) is 0 Å². The first-order valence-electron chi connectivity index (χ1n) is 8.03. The molecule has 6 heteroatoms. The van der Waals surface area contributed by atoms with Crippen LogP contribution < -0.4 is 22.1 Å². The van der Waals surface area contributed by atoms with Crippen LogP contribution in [0.1, 0.15) is 10.4 Å². The summed E-state index contributed by atoms with van der Waals surface area (Å²) >= 11 is 0. The smallest absolute Gasteiger partial charge is 0.337 e. The van der Waals surface area contributed by atoms with Crippen LogP contribution in [0.5, 0.6) is 0 Å². The molecule has 3 rings (SSSR count). The Labute approximate surface area is 151 Å². The van der Waals surface area contributed by atoms with E-state index in [9.17, 15) is 4.79 Å². The molecule has 0 bridgehead atoms. The molecule has 3 aromatic carbocycles. The minimum absolute atomic E-state index is 0.413. The second kappa shape index (κ2) is 7.48. The summed E-state index contributed by atoms with van der Waals surface area (Å²) < 4.78 is 4.69. The number of methoxy groups -OCH3 is 1. The number of benzene rings is 3. The Morgan fingerprint density at radius 2 is 1.38 bits per heavy atom. The van der Waals surface area contributed by atoms with E-state index in [2.05, 4.69) is 15.4 Å². The third-order valence-corrected chi connectivity index (χ3v) is 3.88. The van der Waals surface area contributed by atoms with E-state index in [1.54, 1.807) is 18.2 Å². The van der Waals surface area contributed by atoms with E-state index in [0.29, 0.717) is 22.6 Å². The predicted molar refractivity (Wildman–Crippen MR) is 106 cm³/mol. The number of esters is 1. The fourth-order valence-electron chi connectivity index (χ4n) is 2.48. The van der Waals surface area contributed by atoms with Crippen LogP contribution in [0.15, 0.2) is 66.7 Å². The van der Waals surface area contributed by atoms with Crippen molar-refractivity contribution in [3.8, 4) is 0 Å². The summed E-state index contributed by atoms with van der Waals surface area (Å²) in [6.07, 6.45) is 0. The lowest BCUT2D eigenvalue weighted by Crippen LogP contribution is -2.04. The van der Waals surface area contributed by atoms with Crippen molar-refractivity contribution in [1.29, 1.82) is 0 Å². The van der Waals surface area contributed by atoms with Crippen molar-refractivity contribution in [2.45, 2.75) is 0 Å². The van der Waals surface area contributed by atoms with Crippen LogP contribution in [0.2, 0.25) is 0 Å². The third kappa shape index (κ3) is 3.87. The molecule has 0 aliphatic carbocycles. The van der Waals surface area contributed by atoms with Crippen LogP contribution in [0.4, 0.5) is 34.1 Å². The number of ether oxygens (including phenoxy) is 1. The maximum atomic E-state index is 11.5. The minimum atomic E-state index is -0.418. The number of anilines is 6. The van der Waals surface area contributed by atoms with Gasteiger partial charge in [0.2, 0.25) is 0 Å². The molecule has 0 spiro atoms. The van der Waals surface area contributed by atoms with Crippen LogP contribution in [-0.4, -0.2) is 13.1 Å². The van der Waals surface area contributed by atoms with E-state index in [1.165, 1.54) is 7.11 Å². The fraction of sp³-hybridized carbons (Fsp3) is 0.0500. The number of hydrogen-bond donors (Lipinski definition) is 4. The molecule has 0 saturated heterocycles. The summed E-state index contributed by atoms with van der Waals surface area (Å²) in [6, 6.07) is 20.3. The molecule has 0 aliphatic heterocycles.